The van der Waals surface area contributed by atoms with Crippen LogP contribution in [-0.2, 0) is 0 Å². The van der Waals surface area contributed by atoms with Crippen LogP contribution in [0.2, 0.25) is 0 Å². The fourth-order valence-corrected chi connectivity index (χ4v) is 2.51. The van der Waals surface area contributed by atoms with E-state index in [1.807, 2.05) is 0 Å². The highest BCUT2D eigenvalue weighted by Gasteiger charge is 2.20. The SMILES string of the molecule is CC1CCCN1CCC(N)c1ccc(F)cc1. The molecule has 1 heterocycles. The highest BCUT2D eigenvalue weighted by Crippen LogP contribution is 2.20. The van der Waals surface area contributed by atoms with Crippen molar-refractivity contribution in [2.45, 2.75) is 38.3 Å². The van der Waals surface area contributed by atoms with Gasteiger partial charge in [-0.05, 0) is 50.4 Å². The molecule has 0 saturated carbocycles. The van der Waals surface area contributed by atoms with E-state index in [-0.39, 0.29) is 11.9 Å². The molecule has 17 heavy (non-hydrogen) atoms. The molecule has 1 aliphatic rings. The highest BCUT2D eigenvalue weighted by molar-refractivity contribution is 5.19. The van der Waals surface area contributed by atoms with Crippen LogP contribution in [0.1, 0.15) is 37.8 Å². The number of halogens is 1. The second kappa shape index (κ2) is 5.61. The fraction of sp³-hybridized carbons (Fsp3) is 0.571. The summed E-state index contributed by atoms with van der Waals surface area (Å²) in [5.41, 5.74) is 7.15. The van der Waals surface area contributed by atoms with E-state index in [1.165, 1.54) is 31.5 Å². The van der Waals surface area contributed by atoms with Gasteiger partial charge in [-0.15, -0.1) is 0 Å². The summed E-state index contributed by atoms with van der Waals surface area (Å²) in [4.78, 5) is 2.49. The van der Waals surface area contributed by atoms with Crippen molar-refractivity contribution < 1.29 is 4.39 Å². The molecule has 1 aromatic rings. The molecule has 0 spiro atoms. The van der Waals surface area contributed by atoms with E-state index in [2.05, 4.69) is 11.8 Å². The summed E-state index contributed by atoms with van der Waals surface area (Å²) in [6.45, 7) is 4.51. The van der Waals surface area contributed by atoms with Crippen LogP contribution in [0.25, 0.3) is 0 Å². The predicted octanol–water partition coefficient (Wildman–Crippen LogP) is 2.70. The second-order valence-electron chi connectivity index (χ2n) is 4.97. The average molecular weight is 236 g/mol. The zero-order chi connectivity index (χ0) is 12.3. The topological polar surface area (TPSA) is 29.3 Å². The lowest BCUT2D eigenvalue weighted by atomic mass is 10.0. The molecule has 1 aliphatic heterocycles. The Morgan fingerprint density at radius 3 is 2.71 bits per heavy atom. The number of benzene rings is 1. The van der Waals surface area contributed by atoms with Crippen LogP contribution < -0.4 is 5.73 Å². The van der Waals surface area contributed by atoms with Crippen LogP contribution in [0.15, 0.2) is 24.3 Å². The van der Waals surface area contributed by atoms with Gasteiger partial charge in [0.05, 0.1) is 0 Å². The zero-order valence-electron chi connectivity index (χ0n) is 10.4. The lowest BCUT2D eigenvalue weighted by molar-refractivity contribution is 0.258. The van der Waals surface area contributed by atoms with Crippen LogP contribution in [0.3, 0.4) is 0 Å². The van der Waals surface area contributed by atoms with Gasteiger partial charge in [0.2, 0.25) is 0 Å². The first-order chi connectivity index (χ1) is 8.16. The van der Waals surface area contributed by atoms with Crippen molar-refractivity contribution in [1.82, 2.24) is 4.90 Å². The number of nitrogens with two attached hydrogens (primary N) is 1. The standard InChI is InChI=1S/C14H21FN2/c1-11-3-2-9-17(11)10-8-14(16)12-4-6-13(15)7-5-12/h4-7,11,14H,2-3,8-10,16H2,1H3. The minimum atomic E-state index is -0.200. The predicted molar refractivity (Wildman–Crippen MR) is 68.2 cm³/mol. The van der Waals surface area contributed by atoms with E-state index in [1.54, 1.807) is 12.1 Å². The first-order valence-corrected chi connectivity index (χ1v) is 6.42. The summed E-state index contributed by atoms with van der Waals surface area (Å²) in [5.74, 6) is -0.200. The van der Waals surface area contributed by atoms with Crippen LogP contribution in [0.4, 0.5) is 4.39 Å². The van der Waals surface area contributed by atoms with Gasteiger partial charge in [0.15, 0.2) is 0 Å². The molecule has 1 saturated heterocycles. The van der Waals surface area contributed by atoms with E-state index in [0.29, 0.717) is 6.04 Å². The minimum Gasteiger partial charge on any atom is -0.324 e. The van der Waals surface area contributed by atoms with E-state index in [4.69, 9.17) is 5.73 Å². The molecule has 1 aromatic carbocycles. The minimum absolute atomic E-state index is 0.0170. The Hall–Kier alpha value is -0.930. The maximum Gasteiger partial charge on any atom is 0.123 e. The van der Waals surface area contributed by atoms with Crippen LogP contribution in [-0.4, -0.2) is 24.0 Å². The van der Waals surface area contributed by atoms with Crippen LogP contribution in [0, 0.1) is 5.82 Å². The first-order valence-electron chi connectivity index (χ1n) is 6.42. The molecule has 3 heteroatoms. The summed E-state index contributed by atoms with van der Waals surface area (Å²) in [6.07, 6.45) is 3.54. The smallest absolute Gasteiger partial charge is 0.123 e. The maximum atomic E-state index is 12.8. The van der Waals surface area contributed by atoms with E-state index in [9.17, 15) is 4.39 Å². The normalized spacial score (nSPS) is 22.9. The Morgan fingerprint density at radius 1 is 1.41 bits per heavy atom. The van der Waals surface area contributed by atoms with Gasteiger partial charge in [-0.25, -0.2) is 4.39 Å². The first kappa shape index (κ1) is 12.5. The summed E-state index contributed by atoms with van der Waals surface area (Å²) in [6, 6.07) is 7.24. The summed E-state index contributed by atoms with van der Waals surface area (Å²) in [7, 11) is 0. The van der Waals surface area contributed by atoms with Gasteiger partial charge in [-0.2, -0.15) is 0 Å². The van der Waals surface area contributed by atoms with Gasteiger partial charge in [0, 0.05) is 18.6 Å². The van der Waals surface area contributed by atoms with Crippen molar-refractivity contribution in [1.29, 1.82) is 0 Å². The number of hydrogen-bond acceptors (Lipinski definition) is 2. The highest BCUT2D eigenvalue weighted by atomic mass is 19.1. The molecule has 2 N–H and O–H groups in total. The van der Waals surface area contributed by atoms with Gasteiger partial charge in [0.1, 0.15) is 5.82 Å². The molecule has 2 atom stereocenters. The summed E-state index contributed by atoms with van der Waals surface area (Å²) >= 11 is 0. The summed E-state index contributed by atoms with van der Waals surface area (Å²) < 4.78 is 12.8. The molecule has 0 amide bonds. The fourth-order valence-electron chi connectivity index (χ4n) is 2.51. The zero-order valence-corrected chi connectivity index (χ0v) is 10.4. The number of rotatable bonds is 4. The molecule has 0 aliphatic carbocycles. The number of hydrogen-bond donors (Lipinski definition) is 1. The molecule has 0 radical (unpaired) electrons. The van der Waals surface area contributed by atoms with Gasteiger partial charge in [0.25, 0.3) is 0 Å². The largest absolute Gasteiger partial charge is 0.324 e. The van der Waals surface area contributed by atoms with Crippen molar-refractivity contribution in [3.05, 3.63) is 35.6 Å². The number of likely N-dealkylation sites (tertiary alicyclic amines) is 1. The third-order valence-electron chi connectivity index (χ3n) is 3.72. The Bertz CT molecular complexity index is 350. The Labute approximate surface area is 103 Å². The van der Waals surface area contributed by atoms with Gasteiger partial charge < -0.3 is 10.6 Å². The van der Waals surface area contributed by atoms with Crippen molar-refractivity contribution in [3.8, 4) is 0 Å². The molecule has 94 valence electrons. The van der Waals surface area contributed by atoms with Crippen LogP contribution >= 0.6 is 0 Å². The molecule has 0 aromatic heterocycles. The van der Waals surface area contributed by atoms with Crippen molar-refractivity contribution in [2.24, 2.45) is 5.73 Å². The van der Waals surface area contributed by atoms with Gasteiger partial charge in [-0.1, -0.05) is 12.1 Å². The van der Waals surface area contributed by atoms with Gasteiger partial charge >= 0.3 is 0 Å². The van der Waals surface area contributed by atoms with E-state index in [0.717, 1.165) is 18.5 Å². The second-order valence-corrected chi connectivity index (χ2v) is 4.97. The summed E-state index contributed by atoms with van der Waals surface area (Å²) in [5, 5.41) is 0. The number of nitrogens with zero attached hydrogens (tertiary/aromatic N) is 1. The van der Waals surface area contributed by atoms with Crippen molar-refractivity contribution in [2.75, 3.05) is 13.1 Å². The van der Waals surface area contributed by atoms with Crippen molar-refractivity contribution in [3.63, 3.8) is 0 Å². The lowest BCUT2D eigenvalue weighted by Crippen LogP contribution is -2.30. The van der Waals surface area contributed by atoms with Crippen LogP contribution in [0.5, 0.6) is 0 Å². The molecule has 2 nitrogen and oxygen atoms in total. The lowest BCUT2D eigenvalue weighted by Gasteiger charge is -2.22. The molecular weight excluding hydrogens is 215 g/mol. The third kappa shape index (κ3) is 3.27. The molecule has 1 fully saturated rings. The maximum absolute atomic E-state index is 12.8. The van der Waals surface area contributed by atoms with Crippen molar-refractivity contribution >= 4 is 0 Å². The van der Waals surface area contributed by atoms with E-state index >= 15 is 0 Å². The Kier molecular flexibility index (Phi) is 4.13. The quantitative estimate of drug-likeness (QED) is 0.871. The molecule has 2 rings (SSSR count). The Balaban J connectivity index is 1.84. The molecule has 0 bridgehead atoms. The average Bonchev–Trinajstić information content (AvgIpc) is 2.73. The van der Waals surface area contributed by atoms with Gasteiger partial charge in [-0.3, -0.25) is 0 Å². The molecular formula is C14H21FN2. The Morgan fingerprint density at radius 2 is 2.12 bits per heavy atom. The monoisotopic (exact) mass is 236 g/mol. The van der Waals surface area contributed by atoms with E-state index < -0.39 is 0 Å². The third-order valence-corrected chi connectivity index (χ3v) is 3.72. The molecule has 2 unspecified atom stereocenters.